The first-order valence-electron chi connectivity index (χ1n) is 4.53. The molecule has 4 nitrogen and oxygen atoms in total. The number of nitrogens with one attached hydrogen (secondary N) is 1. The second-order valence-corrected chi connectivity index (χ2v) is 4.76. The van der Waals surface area contributed by atoms with Crippen molar-refractivity contribution in [2.75, 3.05) is 31.6 Å². The van der Waals surface area contributed by atoms with Gasteiger partial charge in [0.05, 0.1) is 0 Å². The van der Waals surface area contributed by atoms with E-state index in [0.717, 1.165) is 32.5 Å². The molecule has 0 spiro atoms. The molecule has 1 fully saturated rings. The van der Waals surface area contributed by atoms with Crippen LogP contribution in [0.2, 0.25) is 0 Å². The minimum Gasteiger partial charge on any atom is -0.338 e. The zero-order valence-electron chi connectivity index (χ0n) is 7.91. The maximum atomic E-state index is 11.2. The summed E-state index contributed by atoms with van der Waals surface area (Å²) < 4.78 is 10.8. The molecule has 1 rings (SSSR count). The maximum absolute atomic E-state index is 11.2. The van der Waals surface area contributed by atoms with Crippen LogP contribution in [0.15, 0.2) is 0 Å². The summed E-state index contributed by atoms with van der Waals surface area (Å²) in [6.07, 6.45) is 3.54. The lowest BCUT2D eigenvalue weighted by molar-refractivity contribution is 0.186. The predicted molar refractivity (Wildman–Crippen MR) is 53.1 cm³/mol. The van der Waals surface area contributed by atoms with Crippen LogP contribution in [0.4, 0.5) is 4.79 Å². The highest BCUT2D eigenvalue weighted by molar-refractivity contribution is 7.84. The average Bonchev–Trinajstić information content (AvgIpc) is 2.08. The molecule has 1 unspecified atom stereocenters. The summed E-state index contributed by atoms with van der Waals surface area (Å²) in [5.41, 5.74) is 0. The SMILES string of the molecule is CS(=O)CCCN1CCCNC1=O. The van der Waals surface area contributed by atoms with Gasteiger partial charge in [-0.2, -0.15) is 0 Å². The smallest absolute Gasteiger partial charge is 0.317 e. The van der Waals surface area contributed by atoms with E-state index in [4.69, 9.17) is 0 Å². The highest BCUT2D eigenvalue weighted by Gasteiger charge is 2.16. The van der Waals surface area contributed by atoms with Crippen LogP contribution >= 0.6 is 0 Å². The van der Waals surface area contributed by atoms with E-state index in [0.29, 0.717) is 5.75 Å². The molecule has 2 amide bonds. The number of carbonyl (C=O) groups is 1. The largest absolute Gasteiger partial charge is 0.338 e. The fourth-order valence-electron chi connectivity index (χ4n) is 1.35. The fourth-order valence-corrected chi connectivity index (χ4v) is 1.89. The van der Waals surface area contributed by atoms with Crippen molar-refractivity contribution >= 4 is 16.8 Å². The molecule has 1 aliphatic heterocycles. The molecule has 1 atom stereocenters. The quantitative estimate of drug-likeness (QED) is 0.709. The van der Waals surface area contributed by atoms with Gasteiger partial charge >= 0.3 is 6.03 Å². The Morgan fingerprint density at radius 3 is 3.00 bits per heavy atom. The topological polar surface area (TPSA) is 49.4 Å². The van der Waals surface area contributed by atoms with Gasteiger partial charge in [0.1, 0.15) is 0 Å². The minimum absolute atomic E-state index is 0.0214. The highest BCUT2D eigenvalue weighted by Crippen LogP contribution is 2.00. The monoisotopic (exact) mass is 204 g/mol. The van der Waals surface area contributed by atoms with E-state index in [1.54, 1.807) is 11.2 Å². The van der Waals surface area contributed by atoms with Gasteiger partial charge in [0.15, 0.2) is 0 Å². The molecular formula is C8H16N2O2S. The highest BCUT2D eigenvalue weighted by atomic mass is 32.2. The molecule has 1 N–H and O–H groups in total. The van der Waals surface area contributed by atoms with Gasteiger partial charge in [-0.3, -0.25) is 4.21 Å². The first kappa shape index (κ1) is 10.5. The van der Waals surface area contributed by atoms with Crippen molar-refractivity contribution in [2.45, 2.75) is 12.8 Å². The molecule has 1 aliphatic rings. The Kier molecular flexibility index (Phi) is 4.21. The normalized spacial score (nSPS) is 19.8. The Hall–Kier alpha value is -0.580. The Labute approximate surface area is 81.1 Å². The second kappa shape index (κ2) is 5.21. The Morgan fingerprint density at radius 1 is 1.62 bits per heavy atom. The van der Waals surface area contributed by atoms with Crippen LogP contribution in [0.5, 0.6) is 0 Å². The summed E-state index contributed by atoms with van der Waals surface area (Å²) in [7, 11) is -0.740. The zero-order chi connectivity index (χ0) is 9.68. The summed E-state index contributed by atoms with van der Waals surface area (Å²) in [5.74, 6) is 0.684. The number of carbonyl (C=O) groups excluding carboxylic acids is 1. The van der Waals surface area contributed by atoms with E-state index in [2.05, 4.69) is 5.32 Å². The fraction of sp³-hybridized carbons (Fsp3) is 0.875. The first-order chi connectivity index (χ1) is 6.20. The van der Waals surface area contributed by atoms with Crippen LogP contribution in [-0.4, -0.2) is 46.8 Å². The van der Waals surface area contributed by atoms with E-state index in [-0.39, 0.29) is 6.03 Å². The molecule has 0 saturated carbocycles. The lowest BCUT2D eigenvalue weighted by Gasteiger charge is -2.27. The molecule has 0 aromatic rings. The standard InChI is InChI=1S/C8H16N2O2S/c1-13(12)7-3-6-10-5-2-4-9-8(10)11/h2-7H2,1H3,(H,9,11). The van der Waals surface area contributed by atoms with Crippen molar-refractivity contribution in [3.8, 4) is 0 Å². The lowest BCUT2D eigenvalue weighted by atomic mass is 10.3. The van der Waals surface area contributed by atoms with Crippen LogP contribution in [0.1, 0.15) is 12.8 Å². The van der Waals surface area contributed by atoms with Gasteiger partial charge in [0.2, 0.25) is 0 Å². The lowest BCUT2D eigenvalue weighted by Crippen LogP contribution is -2.46. The van der Waals surface area contributed by atoms with Crippen molar-refractivity contribution < 1.29 is 9.00 Å². The molecule has 13 heavy (non-hydrogen) atoms. The molecule has 76 valence electrons. The van der Waals surface area contributed by atoms with Crippen molar-refractivity contribution in [1.29, 1.82) is 0 Å². The molecule has 0 aromatic heterocycles. The van der Waals surface area contributed by atoms with Gasteiger partial charge in [-0.05, 0) is 12.8 Å². The third-order valence-electron chi connectivity index (χ3n) is 2.03. The van der Waals surface area contributed by atoms with E-state index >= 15 is 0 Å². The molecular weight excluding hydrogens is 188 g/mol. The number of urea groups is 1. The third-order valence-corrected chi connectivity index (χ3v) is 2.89. The van der Waals surface area contributed by atoms with Crippen LogP contribution < -0.4 is 5.32 Å². The number of amides is 2. The summed E-state index contributed by atoms with van der Waals surface area (Å²) in [5, 5.41) is 2.78. The molecule has 1 heterocycles. The summed E-state index contributed by atoms with van der Waals surface area (Å²) in [4.78, 5) is 13.0. The van der Waals surface area contributed by atoms with Gasteiger partial charge in [-0.25, -0.2) is 4.79 Å². The minimum atomic E-state index is -0.740. The predicted octanol–water partition coefficient (Wildman–Crippen LogP) is 0.170. The molecule has 0 radical (unpaired) electrons. The van der Waals surface area contributed by atoms with Crippen molar-refractivity contribution in [3.63, 3.8) is 0 Å². The third kappa shape index (κ3) is 3.76. The van der Waals surface area contributed by atoms with Gasteiger partial charge < -0.3 is 10.2 Å². The number of rotatable bonds is 4. The van der Waals surface area contributed by atoms with Gasteiger partial charge in [-0.15, -0.1) is 0 Å². The number of hydrogen-bond acceptors (Lipinski definition) is 2. The van der Waals surface area contributed by atoms with E-state index in [1.807, 2.05) is 0 Å². The van der Waals surface area contributed by atoms with E-state index < -0.39 is 10.8 Å². The Morgan fingerprint density at radius 2 is 2.38 bits per heavy atom. The van der Waals surface area contributed by atoms with Crippen molar-refractivity contribution in [1.82, 2.24) is 10.2 Å². The Balaban J connectivity index is 2.19. The molecule has 1 saturated heterocycles. The van der Waals surface area contributed by atoms with Crippen LogP contribution in [-0.2, 0) is 10.8 Å². The molecule has 0 aromatic carbocycles. The number of nitrogens with zero attached hydrogens (tertiary/aromatic N) is 1. The zero-order valence-corrected chi connectivity index (χ0v) is 8.73. The van der Waals surface area contributed by atoms with Gasteiger partial charge in [0, 0.05) is 42.4 Å². The van der Waals surface area contributed by atoms with Crippen LogP contribution in [0.25, 0.3) is 0 Å². The summed E-state index contributed by atoms with van der Waals surface area (Å²) >= 11 is 0. The van der Waals surface area contributed by atoms with Crippen molar-refractivity contribution in [3.05, 3.63) is 0 Å². The number of hydrogen-bond donors (Lipinski definition) is 1. The second-order valence-electron chi connectivity index (χ2n) is 3.20. The summed E-state index contributed by atoms with van der Waals surface area (Å²) in [6, 6.07) is 0.0214. The van der Waals surface area contributed by atoms with E-state index in [1.165, 1.54) is 0 Å². The summed E-state index contributed by atoms with van der Waals surface area (Å²) in [6.45, 7) is 2.35. The van der Waals surface area contributed by atoms with Gasteiger partial charge in [-0.1, -0.05) is 0 Å². The van der Waals surface area contributed by atoms with Gasteiger partial charge in [0.25, 0.3) is 0 Å². The molecule has 0 bridgehead atoms. The Bertz CT molecular complexity index is 208. The van der Waals surface area contributed by atoms with E-state index in [9.17, 15) is 9.00 Å². The van der Waals surface area contributed by atoms with Crippen LogP contribution in [0, 0.1) is 0 Å². The maximum Gasteiger partial charge on any atom is 0.317 e. The van der Waals surface area contributed by atoms with Crippen LogP contribution in [0.3, 0.4) is 0 Å². The average molecular weight is 204 g/mol. The van der Waals surface area contributed by atoms with Crippen molar-refractivity contribution in [2.24, 2.45) is 0 Å². The molecule has 5 heteroatoms. The molecule has 0 aliphatic carbocycles. The first-order valence-corrected chi connectivity index (χ1v) is 6.25.